The Labute approximate surface area is 169 Å². The molecule has 146 valence electrons. The van der Waals surface area contributed by atoms with Crippen LogP contribution in [0.5, 0.6) is 0 Å². The molecule has 0 fully saturated rings. The molecule has 2 aromatic heterocycles. The third-order valence-corrected chi connectivity index (χ3v) is 6.31. The van der Waals surface area contributed by atoms with E-state index in [0.29, 0.717) is 11.0 Å². The Balaban J connectivity index is 1.94. The maximum atomic E-state index is 12.8. The zero-order valence-electron chi connectivity index (χ0n) is 14.7. The number of carbonyl (C=O) groups is 1. The lowest BCUT2D eigenvalue weighted by Gasteiger charge is -2.12. The van der Waals surface area contributed by atoms with E-state index in [-0.39, 0.29) is 32.5 Å². The lowest BCUT2D eigenvalue weighted by atomic mass is 10.1. The zero-order chi connectivity index (χ0) is 20.6. The second-order valence-electron chi connectivity index (χ2n) is 6.02. The van der Waals surface area contributed by atoms with Gasteiger partial charge in [0.2, 0.25) is 0 Å². The maximum absolute atomic E-state index is 12.8. The highest BCUT2D eigenvalue weighted by atomic mass is 32.2. The van der Waals surface area contributed by atoms with Gasteiger partial charge in [0.15, 0.2) is 5.82 Å². The Morgan fingerprint density at radius 1 is 1.00 bits per heavy atom. The highest BCUT2D eigenvalue weighted by Gasteiger charge is 2.25. The van der Waals surface area contributed by atoms with Gasteiger partial charge in [0, 0.05) is 10.9 Å². The van der Waals surface area contributed by atoms with Gasteiger partial charge >= 0.3 is 5.97 Å². The molecule has 0 saturated heterocycles. The van der Waals surface area contributed by atoms with Crippen molar-refractivity contribution in [3.05, 3.63) is 65.5 Å². The van der Waals surface area contributed by atoms with Gasteiger partial charge in [-0.2, -0.15) is 0 Å². The van der Waals surface area contributed by atoms with Crippen LogP contribution in [0.3, 0.4) is 0 Å². The number of sulfonamides is 1. The number of carboxylic acids is 1. The van der Waals surface area contributed by atoms with Gasteiger partial charge in [-0.05, 0) is 24.3 Å². The molecule has 4 N–H and O–H groups in total. The molecule has 0 radical (unpaired) electrons. The van der Waals surface area contributed by atoms with Crippen LogP contribution in [-0.2, 0) is 10.0 Å². The predicted octanol–water partition coefficient (Wildman–Crippen LogP) is 3.44. The van der Waals surface area contributed by atoms with Crippen molar-refractivity contribution < 1.29 is 18.3 Å². The smallest absolute Gasteiger partial charge is 0.339 e. The Kier molecular flexibility index (Phi) is 4.65. The number of hydrogen-bond acceptors (Lipinski definition) is 7. The van der Waals surface area contributed by atoms with E-state index in [9.17, 15) is 18.3 Å². The number of fused-ring (bicyclic) bond motifs is 1. The Morgan fingerprint density at radius 3 is 2.28 bits per heavy atom. The maximum Gasteiger partial charge on any atom is 0.339 e. The lowest BCUT2D eigenvalue weighted by Crippen LogP contribution is -2.15. The molecule has 8 nitrogen and oxygen atoms in total. The summed E-state index contributed by atoms with van der Waals surface area (Å²) in [5, 5.41) is 11.2. The third-order valence-electron chi connectivity index (χ3n) is 4.14. The van der Waals surface area contributed by atoms with E-state index in [0.717, 1.165) is 11.3 Å². The van der Waals surface area contributed by atoms with Crippen molar-refractivity contribution in [2.75, 3.05) is 10.5 Å². The van der Waals surface area contributed by atoms with Crippen LogP contribution in [0.1, 0.15) is 10.4 Å². The average molecular weight is 426 g/mol. The molecule has 10 heteroatoms. The van der Waals surface area contributed by atoms with E-state index in [1.807, 2.05) is 0 Å². The average Bonchev–Trinajstić information content (AvgIpc) is 3.09. The Morgan fingerprint density at radius 2 is 1.62 bits per heavy atom. The number of nitrogens with two attached hydrogens (primary N) is 1. The van der Waals surface area contributed by atoms with Crippen molar-refractivity contribution in [3.8, 4) is 11.3 Å². The number of benzene rings is 2. The molecule has 2 aromatic carbocycles. The van der Waals surface area contributed by atoms with E-state index in [2.05, 4.69) is 14.7 Å². The van der Waals surface area contributed by atoms with Crippen molar-refractivity contribution in [1.82, 2.24) is 9.97 Å². The van der Waals surface area contributed by atoms with Crippen LogP contribution in [0.25, 0.3) is 22.3 Å². The van der Waals surface area contributed by atoms with Crippen molar-refractivity contribution in [2.24, 2.45) is 0 Å². The minimum absolute atomic E-state index is 0.0456. The standard InChI is InChI=1S/C19H14N4O4S2/c20-17-15(19(24)25)12(10-28-17)16-18(22-14-9-5-4-8-13(14)21-16)23-29(26,27)11-6-2-1-3-7-11/h1-10H,20H2,(H,22,23)(H,24,25). The molecule has 0 bridgehead atoms. The number of aromatic nitrogens is 2. The first-order chi connectivity index (χ1) is 13.9. The number of carboxylic acid groups (broad SMARTS) is 1. The molecule has 4 rings (SSSR count). The van der Waals surface area contributed by atoms with Crippen molar-refractivity contribution in [2.45, 2.75) is 4.90 Å². The lowest BCUT2D eigenvalue weighted by molar-refractivity contribution is 0.0699. The fourth-order valence-electron chi connectivity index (χ4n) is 2.81. The fourth-order valence-corrected chi connectivity index (χ4v) is 4.63. The number of nitrogens with zero attached hydrogens (tertiary/aromatic N) is 2. The highest BCUT2D eigenvalue weighted by molar-refractivity contribution is 7.92. The number of nitrogen functional groups attached to an aromatic ring is 1. The minimum atomic E-state index is -3.97. The summed E-state index contributed by atoms with van der Waals surface area (Å²) in [6.07, 6.45) is 0. The van der Waals surface area contributed by atoms with Gasteiger partial charge in [-0.25, -0.2) is 23.2 Å². The molecule has 0 saturated carbocycles. The number of para-hydroxylation sites is 2. The first kappa shape index (κ1) is 18.8. The molecule has 29 heavy (non-hydrogen) atoms. The predicted molar refractivity (Wildman–Crippen MR) is 111 cm³/mol. The molecule has 0 aliphatic heterocycles. The van der Waals surface area contributed by atoms with Crippen molar-refractivity contribution >= 4 is 49.2 Å². The first-order valence-electron chi connectivity index (χ1n) is 8.32. The molecule has 4 aromatic rings. The number of nitrogens with one attached hydrogen (secondary N) is 1. The van der Waals surface area contributed by atoms with Gasteiger partial charge in [0.05, 0.1) is 15.9 Å². The van der Waals surface area contributed by atoms with Gasteiger partial charge in [0.25, 0.3) is 10.0 Å². The van der Waals surface area contributed by atoms with E-state index in [4.69, 9.17) is 5.73 Å². The van der Waals surface area contributed by atoms with Gasteiger partial charge in [-0.3, -0.25) is 4.72 Å². The second-order valence-corrected chi connectivity index (χ2v) is 8.62. The molecule has 2 heterocycles. The largest absolute Gasteiger partial charge is 0.478 e. The summed E-state index contributed by atoms with van der Waals surface area (Å²) in [6, 6.07) is 14.7. The summed E-state index contributed by atoms with van der Waals surface area (Å²) >= 11 is 1.03. The number of aromatic carboxylic acids is 1. The fraction of sp³-hybridized carbons (Fsp3) is 0. The minimum Gasteiger partial charge on any atom is -0.478 e. The van der Waals surface area contributed by atoms with Crippen LogP contribution in [0.4, 0.5) is 10.8 Å². The van der Waals surface area contributed by atoms with Crippen LogP contribution in [0.2, 0.25) is 0 Å². The normalized spacial score (nSPS) is 11.4. The molecule has 0 atom stereocenters. The van der Waals surface area contributed by atoms with Crippen molar-refractivity contribution in [1.29, 1.82) is 0 Å². The van der Waals surface area contributed by atoms with Gasteiger partial charge in [-0.15, -0.1) is 11.3 Å². The van der Waals surface area contributed by atoms with E-state index < -0.39 is 16.0 Å². The monoisotopic (exact) mass is 426 g/mol. The molecule has 0 unspecified atom stereocenters. The summed E-state index contributed by atoms with van der Waals surface area (Å²) < 4.78 is 28.1. The van der Waals surface area contributed by atoms with E-state index >= 15 is 0 Å². The first-order valence-corrected chi connectivity index (χ1v) is 10.7. The third kappa shape index (κ3) is 3.50. The van der Waals surface area contributed by atoms with Crippen LogP contribution < -0.4 is 10.5 Å². The summed E-state index contributed by atoms with van der Waals surface area (Å²) in [5.41, 5.74) is 6.91. The Bertz CT molecular complexity index is 1340. The highest BCUT2D eigenvalue weighted by Crippen LogP contribution is 2.37. The van der Waals surface area contributed by atoms with Crippen LogP contribution in [-0.4, -0.2) is 29.5 Å². The topological polar surface area (TPSA) is 135 Å². The van der Waals surface area contributed by atoms with Crippen molar-refractivity contribution in [3.63, 3.8) is 0 Å². The molecular weight excluding hydrogens is 412 g/mol. The zero-order valence-corrected chi connectivity index (χ0v) is 16.4. The van der Waals surface area contributed by atoms with E-state index in [1.165, 1.54) is 17.5 Å². The number of hydrogen-bond donors (Lipinski definition) is 3. The summed E-state index contributed by atoms with van der Waals surface area (Å²) in [6.45, 7) is 0. The summed E-state index contributed by atoms with van der Waals surface area (Å²) in [4.78, 5) is 20.6. The van der Waals surface area contributed by atoms with Crippen LogP contribution >= 0.6 is 11.3 Å². The molecule has 0 aliphatic carbocycles. The molecular formula is C19H14N4O4S2. The molecule has 0 spiro atoms. The van der Waals surface area contributed by atoms with Gasteiger partial charge < -0.3 is 10.8 Å². The van der Waals surface area contributed by atoms with Crippen LogP contribution in [0.15, 0.2) is 64.9 Å². The second kappa shape index (κ2) is 7.15. The van der Waals surface area contributed by atoms with E-state index in [1.54, 1.807) is 42.5 Å². The van der Waals surface area contributed by atoms with Gasteiger partial charge in [-0.1, -0.05) is 30.3 Å². The quantitative estimate of drug-likeness (QED) is 0.445. The van der Waals surface area contributed by atoms with Crippen LogP contribution in [0, 0.1) is 0 Å². The summed E-state index contributed by atoms with van der Waals surface area (Å²) in [5.74, 6) is -1.31. The number of thiophene rings is 1. The Hall–Kier alpha value is -3.50. The summed E-state index contributed by atoms with van der Waals surface area (Å²) in [7, 11) is -3.97. The molecule has 0 aliphatic rings. The number of anilines is 2. The number of rotatable bonds is 5. The van der Waals surface area contributed by atoms with Gasteiger partial charge in [0.1, 0.15) is 16.3 Å². The SMILES string of the molecule is Nc1scc(-c2nc3ccccc3nc2NS(=O)(=O)c2ccccc2)c1C(=O)O. The molecule has 0 amide bonds.